The lowest BCUT2D eigenvalue weighted by Gasteiger charge is -2.07. The monoisotopic (exact) mass is 251 g/mol. The van der Waals surface area contributed by atoms with E-state index in [-0.39, 0.29) is 17.3 Å². The molecule has 3 N–H and O–H groups in total. The van der Waals surface area contributed by atoms with Crippen molar-refractivity contribution in [1.82, 2.24) is 0 Å². The number of aliphatic hydroxyl groups is 1. The zero-order valence-electron chi connectivity index (χ0n) is 9.13. The Bertz CT molecular complexity index is 650. The van der Waals surface area contributed by atoms with Crippen LogP contribution in [0.3, 0.4) is 0 Å². The molecule has 0 aliphatic rings. The number of anilines is 1. The predicted molar refractivity (Wildman–Crippen MR) is 67.5 cm³/mol. The van der Waals surface area contributed by atoms with Gasteiger partial charge in [0.1, 0.15) is 0 Å². The lowest BCUT2D eigenvalue weighted by molar-refractivity contribution is 0.319. The SMILES string of the molecule is Nc1ccc2cccc(S(=O)(=O)CCO)c2c1. The van der Waals surface area contributed by atoms with Gasteiger partial charge in [-0.2, -0.15) is 0 Å². The summed E-state index contributed by atoms with van der Waals surface area (Å²) in [5.41, 5.74) is 6.18. The van der Waals surface area contributed by atoms with E-state index < -0.39 is 9.84 Å². The molecular formula is C12H13NO3S. The Morgan fingerprint density at radius 1 is 1.18 bits per heavy atom. The number of sulfone groups is 1. The Kier molecular flexibility index (Phi) is 3.04. The average molecular weight is 251 g/mol. The Hall–Kier alpha value is -1.59. The minimum atomic E-state index is -3.46. The van der Waals surface area contributed by atoms with E-state index in [1.54, 1.807) is 24.3 Å². The first-order valence-corrected chi connectivity index (χ1v) is 6.82. The fourth-order valence-corrected chi connectivity index (χ4v) is 3.02. The number of rotatable bonds is 3. The Morgan fingerprint density at radius 2 is 1.94 bits per heavy atom. The number of fused-ring (bicyclic) bond motifs is 1. The van der Waals surface area contributed by atoms with Gasteiger partial charge in [0.25, 0.3) is 0 Å². The molecule has 90 valence electrons. The molecule has 2 aromatic rings. The molecule has 5 heteroatoms. The predicted octanol–water partition coefficient (Wildman–Crippen LogP) is 1.19. The summed E-state index contributed by atoms with van der Waals surface area (Å²) in [4.78, 5) is 0.219. The molecule has 0 saturated carbocycles. The first-order valence-electron chi connectivity index (χ1n) is 5.16. The van der Waals surface area contributed by atoms with E-state index in [1.807, 2.05) is 6.07 Å². The van der Waals surface area contributed by atoms with Gasteiger partial charge in [0.05, 0.1) is 17.3 Å². The first kappa shape index (κ1) is 11.9. The summed E-state index contributed by atoms with van der Waals surface area (Å²) in [6.45, 7) is -0.388. The van der Waals surface area contributed by atoms with Crippen LogP contribution in [-0.2, 0) is 9.84 Å². The number of nitrogens with two attached hydrogens (primary N) is 1. The van der Waals surface area contributed by atoms with Crippen LogP contribution in [0.5, 0.6) is 0 Å². The molecule has 0 radical (unpaired) electrons. The topological polar surface area (TPSA) is 80.4 Å². The van der Waals surface area contributed by atoms with Crippen LogP contribution in [0.2, 0.25) is 0 Å². The lowest BCUT2D eigenvalue weighted by atomic mass is 10.1. The lowest BCUT2D eigenvalue weighted by Crippen LogP contribution is -2.10. The van der Waals surface area contributed by atoms with Crippen LogP contribution in [-0.4, -0.2) is 25.9 Å². The third-order valence-corrected chi connectivity index (χ3v) is 4.31. The second kappa shape index (κ2) is 4.35. The Balaban J connectivity index is 2.74. The van der Waals surface area contributed by atoms with Crippen molar-refractivity contribution in [1.29, 1.82) is 0 Å². The number of benzene rings is 2. The summed E-state index contributed by atoms with van der Waals surface area (Å²) in [6.07, 6.45) is 0. The quantitative estimate of drug-likeness (QED) is 0.803. The van der Waals surface area contributed by atoms with Crippen molar-refractivity contribution >= 4 is 26.3 Å². The molecule has 0 bridgehead atoms. The molecule has 0 aromatic heterocycles. The molecule has 0 heterocycles. The maximum atomic E-state index is 12.0. The fraction of sp³-hybridized carbons (Fsp3) is 0.167. The van der Waals surface area contributed by atoms with Crippen molar-refractivity contribution in [2.24, 2.45) is 0 Å². The van der Waals surface area contributed by atoms with Gasteiger partial charge in [-0.3, -0.25) is 0 Å². The summed E-state index contributed by atoms with van der Waals surface area (Å²) < 4.78 is 23.9. The first-order chi connectivity index (χ1) is 8.04. The van der Waals surface area contributed by atoms with E-state index in [9.17, 15) is 8.42 Å². The van der Waals surface area contributed by atoms with Gasteiger partial charge >= 0.3 is 0 Å². The van der Waals surface area contributed by atoms with Crippen molar-refractivity contribution in [3.05, 3.63) is 36.4 Å². The van der Waals surface area contributed by atoms with Gasteiger partial charge < -0.3 is 10.8 Å². The molecule has 0 fully saturated rings. The highest BCUT2D eigenvalue weighted by atomic mass is 32.2. The molecule has 2 rings (SSSR count). The van der Waals surface area contributed by atoms with E-state index in [1.165, 1.54) is 6.07 Å². The van der Waals surface area contributed by atoms with Gasteiger partial charge in [-0.25, -0.2) is 8.42 Å². The van der Waals surface area contributed by atoms with Crippen LogP contribution in [0, 0.1) is 0 Å². The number of aliphatic hydroxyl groups excluding tert-OH is 1. The maximum Gasteiger partial charge on any atom is 0.181 e. The minimum Gasteiger partial charge on any atom is -0.399 e. The summed E-state index contributed by atoms with van der Waals surface area (Å²) >= 11 is 0. The molecule has 0 aliphatic carbocycles. The van der Waals surface area contributed by atoms with Crippen LogP contribution < -0.4 is 5.73 Å². The van der Waals surface area contributed by atoms with Crippen LogP contribution in [0.4, 0.5) is 5.69 Å². The van der Waals surface area contributed by atoms with Gasteiger partial charge in [0, 0.05) is 11.1 Å². The zero-order valence-corrected chi connectivity index (χ0v) is 9.94. The molecule has 0 aliphatic heterocycles. The minimum absolute atomic E-state index is 0.219. The summed E-state index contributed by atoms with van der Waals surface area (Å²) in [5, 5.41) is 10.2. The van der Waals surface area contributed by atoms with Crippen molar-refractivity contribution < 1.29 is 13.5 Å². The summed E-state index contributed by atoms with van der Waals surface area (Å²) in [6, 6.07) is 10.2. The number of nitrogen functional groups attached to an aromatic ring is 1. The second-order valence-electron chi connectivity index (χ2n) is 3.78. The molecule has 0 spiro atoms. The molecule has 0 saturated heterocycles. The van der Waals surface area contributed by atoms with Crippen molar-refractivity contribution in [3.63, 3.8) is 0 Å². The number of hydrogen-bond donors (Lipinski definition) is 2. The van der Waals surface area contributed by atoms with E-state index >= 15 is 0 Å². The van der Waals surface area contributed by atoms with Gasteiger partial charge in [-0.1, -0.05) is 18.2 Å². The van der Waals surface area contributed by atoms with Crippen LogP contribution in [0.25, 0.3) is 10.8 Å². The van der Waals surface area contributed by atoms with Crippen LogP contribution in [0.15, 0.2) is 41.3 Å². The molecule has 0 unspecified atom stereocenters. The third kappa shape index (κ3) is 2.25. The molecule has 0 atom stereocenters. The molecule has 2 aromatic carbocycles. The van der Waals surface area contributed by atoms with Gasteiger partial charge in [-0.05, 0) is 23.6 Å². The smallest absolute Gasteiger partial charge is 0.181 e. The Morgan fingerprint density at radius 3 is 2.65 bits per heavy atom. The normalized spacial score (nSPS) is 11.8. The summed E-state index contributed by atoms with van der Waals surface area (Å²) in [7, 11) is -3.46. The fourth-order valence-electron chi connectivity index (χ4n) is 1.76. The van der Waals surface area contributed by atoms with E-state index in [2.05, 4.69) is 0 Å². The van der Waals surface area contributed by atoms with Crippen molar-refractivity contribution in [2.45, 2.75) is 4.90 Å². The highest BCUT2D eigenvalue weighted by molar-refractivity contribution is 7.91. The Labute approximate surface area is 99.6 Å². The largest absolute Gasteiger partial charge is 0.399 e. The van der Waals surface area contributed by atoms with Crippen LogP contribution in [0.1, 0.15) is 0 Å². The van der Waals surface area contributed by atoms with Gasteiger partial charge in [0.2, 0.25) is 0 Å². The summed E-state index contributed by atoms with van der Waals surface area (Å²) in [5.74, 6) is -0.277. The zero-order chi connectivity index (χ0) is 12.5. The standard InChI is InChI=1S/C12H13NO3S/c13-10-5-4-9-2-1-3-12(11(9)8-10)17(15,16)7-6-14/h1-5,8,14H,6-7,13H2. The van der Waals surface area contributed by atoms with E-state index in [0.29, 0.717) is 11.1 Å². The third-order valence-electron chi connectivity index (χ3n) is 2.56. The highest BCUT2D eigenvalue weighted by Gasteiger charge is 2.16. The van der Waals surface area contributed by atoms with Crippen LogP contribution >= 0.6 is 0 Å². The average Bonchev–Trinajstić information content (AvgIpc) is 2.28. The van der Waals surface area contributed by atoms with E-state index in [4.69, 9.17) is 10.8 Å². The van der Waals surface area contributed by atoms with Crippen molar-refractivity contribution in [2.75, 3.05) is 18.1 Å². The van der Waals surface area contributed by atoms with E-state index in [0.717, 1.165) is 5.39 Å². The van der Waals surface area contributed by atoms with Gasteiger partial charge in [-0.15, -0.1) is 0 Å². The second-order valence-corrected chi connectivity index (χ2v) is 5.86. The highest BCUT2D eigenvalue weighted by Crippen LogP contribution is 2.25. The molecule has 4 nitrogen and oxygen atoms in total. The molecular weight excluding hydrogens is 238 g/mol. The van der Waals surface area contributed by atoms with Crippen molar-refractivity contribution in [3.8, 4) is 0 Å². The number of hydrogen-bond acceptors (Lipinski definition) is 4. The molecule has 0 amide bonds. The van der Waals surface area contributed by atoms with Gasteiger partial charge in [0.15, 0.2) is 9.84 Å². The molecule has 17 heavy (non-hydrogen) atoms. The maximum absolute atomic E-state index is 12.0.